The molecule has 92 valence electrons. The molecular formula is C13H25N3. The van der Waals surface area contributed by atoms with Crippen LogP contribution < -0.4 is 0 Å². The molecule has 16 heavy (non-hydrogen) atoms. The molecule has 1 rings (SSSR count). The summed E-state index contributed by atoms with van der Waals surface area (Å²) in [5, 5.41) is 8.02. The standard InChI is InChI=1S/C13H25N3/c1-3-4-5-6-7-8-9-10-11-13-12-16(2)15-14-13/h12H,3-11H2,1-2H3. The first-order valence-electron chi connectivity index (χ1n) is 6.68. The summed E-state index contributed by atoms with van der Waals surface area (Å²) in [7, 11) is 1.92. The molecule has 1 aromatic heterocycles. The van der Waals surface area contributed by atoms with Crippen molar-refractivity contribution in [1.82, 2.24) is 15.0 Å². The summed E-state index contributed by atoms with van der Waals surface area (Å²) in [6.45, 7) is 2.26. The van der Waals surface area contributed by atoms with Crippen LogP contribution in [0, 0.1) is 0 Å². The highest BCUT2D eigenvalue weighted by molar-refractivity contribution is 4.91. The zero-order valence-corrected chi connectivity index (χ0v) is 10.8. The molecule has 0 aromatic carbocycles. The van der Waals surface area contributed by atoms with Gasteiger partial charge < -0.3 is 0 Å². The lowest BCUT2D eigenvalue weighted by Gasteiger charge is -2.00. The molecule has 0 spiro atoms. The van der Waals surface area contributed by atoms with Crippen molar-refractivity contribution in [2.24, 2.45) is 7.05 Å². The number of hydrogen-bond acceptors (Lipinski definition) is 2. The van der Waals surface area contributed by atoms with E-state index in [-0.39, 0.29) is 0 Å². The van der Waals surface area contributed by atoms with Crippen molar-refractivity contribution in [3.05, 3.63) is 11.9 Å². The number of aryl methyl sites for hydroxylation is 2. The van der Waals surface area contributed by atoms with Crippen molar-refractivity contribution >= 4 is 0 Å². The van der Waals surface area contributed by atoms with Gasteiger partial charge in [-0.1, -0.05) is 57.1 Å². The molecule has 0 aliphatic heterocycles. The van der Waals surface area contributed by atoms with Gasteiger partial charge in [0.1, 0.15) is 0 Å². The Morgan fingerprint density at radius 1 is 1.00 bits per heavy atom. The zero-order valence-electron chi connectivity index (χ0n) is 10.8. The average molecular weight is 223 g/mol. The molecule has 0 fully saturated rings. The Kier molecular flexibility index (Phi) is 6.86. The van der Waals surface area contributed by atoms with Gasteiger partial charge in [-0.15, -0.1) is 5.10 Å². The van der Waals surface area contributed by atoms with Crippen LogP contribution in [-0.2, 0) is 13.5 Å². The van der Waals surface area contributed by atoms with E-state index in [9.17, 15) is 0 Å². The largest absolute Gasteiger partial charge is 0.255 e. The highest BCUT2D eigenvalue weighted by Crippen LogP contribution is 2.09. The van der Waals surface area contributed by atoms with E-state index in [0.29, 0.717) is 0 Å². The van der Waals surface area contributed by atoms with Crippen molar-refractivity contribution in [1.29, 1.82) is 0 Å². The molecule has 0 aliphatic rings. The summed E-state index contributed by atoms with van der Waals surface area (Å²) in [4.78, 5) is 0. The van der Waals surface area contributed by atoms with E-state index in [1.807, 2.05) is 13.2 Å². The van der Waals surface area contributed by atoms with Crippen LogP contribution in [0.25, 0.3) is 0 Å². The van der Waals surface area contributed by atoms with Crippen LogP contribution in [0.2, 0.25) is 0 Å². The van der Waals surface area contributed by atoms with E-state index in [1.165, 1.54) is 51.4 Å². The minimum Gasteiger partial charge on any atom is -0.255 e. The Hall–Kier alpha value is -0.860. The van der Waals surface area contributed by atoms with Crippen LogP contribution in [0.4, 0.5) is 0 Å². The Balaban J connectivity index is 1.88. The van der Waals surface area contributed by atoms with Crippen LogP contribution >= 0.6 is 0 Å². The fourth-order valence-electron chi connectivity index (χ4n) is 1.95. The maximum absolute atomic E-state index is 4.09. The maximum Gasteiger partial charge on any atom is 0.0827 e. The first-order chi connectivity index (χ1) is 7.83. The minimum absolute atomic E-state index is 1.09. The van der Waals surface area contributed by atoms with Crippen LogP contribution in [0.3, 0.4) is 0 Å². The minimum atomic E-state index is 1.09. The first kappa shape index (κ1) is 13.2. The second-order valence-electron chi connectivity index (χ2n) is 4.61. The lowest BCUT2D eigenvalue weighted by Crippen LogP contribution is -1.86. The third-order valence-electron chi connectivity index (χ3n) is 2.94. The van der Waals surface area contributed by atoms with E-state index >= 15 is 0 Å². The van der Waals surface area contributed by atoms with Crippen molar-refractivity contribution < 1.29 is 0 Å². The Labute approximate surface area is 99.2 Å². The average Bonchev–Trinajstić information content (AvgIpc) is 2.68. The molecule has 0 unspecified atom stereocenters. The Bertz CT molecular complexity index is 268. The predicted molar refractivity (Wildman–Crippen MR) is 67.3 cm³/mol. The number of hydrogen-bond donors (Lipinski definition) is 0. The van der Waals surface area contributed by atoms with Gasteiger partial charge in [0.15, 0.2) is 0 Å². The number of aromatic nitrogens is 3. The second kappa shape index (κ2) is 8.31. The zero-order chi connectivity index (χ0) is 11.6. The van der Waals surface area contributed by atoms with Gasteiger partial charge in [-0.05, 0) is 12.8 Å². The van der Waals surface area contributed by atoms with Gasteiger partial charge in [-0.2, -0.15) is 0 Å². The van der Waals surface area contributed by atoms with E-state index < -0.39 is 0 Å². The third-order valence-corrected chi connectivity index (χ3v) is 2.94. The highest BCUT2D eigenvalue weighted by Gasteiger charge is 1.97. The van der Waals surface area contributed by atoms with E-state index in [4.69, 9.17) is 0 Å². The third kappa shape index (κ3) is 5.89. The molecule has 0 aliphatic carbocycles. The monoisotopic (exact) mass is 223 g/mol. The van der Waals surface area contributed by atoms with Gasteiger partial charge in [0, 0.05) is 13.2 Å². The van der Waals surface area contributed by atoms with E-state index in [2.05, 4.69) is 17.2 Å². The molecular weight excluding hydrogens is 198 g/mol. The number of rotatable bonds is 9. The summed E-state index contributed by atoms with van der Waals surface area (Å²) >= 11 is 0. The quantitative estimate of drug-likeness (QED) is 0.600. The van der Waals surface area contributed by atoms with Crippen LogP contribution in [-0.4, -0.2) is 15.0 Å². The maximum atomic E-state index is 4.09. The molecule has 0 N–H and O–H groups in total. The van der Waals surface area contributed by atoms with Crippen molar-refractivity contribution in [2.75, 3.05) is 0 Å². The molecule has 0 saturated carbocycles. The molecule has 0 bridgehead atoms. The van der Waals surface area contributed by atoms with Crippen molar-refractivity contribution in [3.8, 4) is 0 Å². The van der Waals surface area contributed by atoms with E-state index in [0.717, 1.165) is 12.1 Å². The number of unbranched alkanes of at least 4 members (excludes halogenated alkanes) is 7. The van der Waals surface area contributed by atoms with E-state index in [1.54, 1.807) is 4.68 Å². The number of nitrogens with zero attached hydrogens (tertiary/aromatic N) is 3. The summed E-state index contributed by atoms with van der Waals surface area (Å²) in [6.07, 6.45) is 14.1. The summed E-state index contributed by atoms with van der Waals surface area (Å²) in [5.41, 5.74) is 1.13. The van der Waals surface area contributed by atoms with Crippen molar-refractivity contribution in [3.63, 3.8) is 0 Å². The molecule has 1 heterocycles. The molecule has 0 atom stereocenters. The molecule has 1 aromatic rings. The predicted octanol–water partition coefficient (Wildman–Crippen LogP) is 3.50. The van der Waals surface area contributed by atoms with Gasteiger partial charge in [-0.3, -0.25) is 4.68 Å². The molecule has 0 saturated heterocycles. The Morgan fingerprint density at radius 3 is 2.19 bits per heavy atom. The van der Waals surface area contributed by atoms with Crippen LogP contribution in [0.1, 0.15) is 64.0 Å². The fraction of sp³-hybridized carbons (Fsp3) is 0.846. The van der Waals surface area contributed by atoms with Crippen LogP contribution in [0.5, 0.6) is 0 Å². The highest BCUT2D eigenvalue weighted by atomic mass is 15.4. The summed E-state index contributed by atoms with van der Waals surface area (Å²) in [6, 6.07) is 0. The SMILES string of the molecule is CCCCCCCCCCc1cn(C)nn1. The molecule has 0 radical (unpaired) electrons. The lowest BCUT2D eigenvalue weighted by molar-refractivity contribution is 0.574. The van der Waals surface area contributed by atoms with Gasteiger partial charge in [-0.25, -0.2) is 0 Å². The fourth-order valence-corrected chi connectivity index (χ4v) is 1.95. The lowest BCUT2D eigenvalue weighted by atomic mass is 10.1. The topological polar surface area (TPSA) is 30.7 Å². The summed E-state index contributed by atoms with van der Waals surface area (Å²) in [5.74, 6) is 0. The van der Waals surface area contributed by atoms with Gasteiger partial charge in [0.05, 0.1) is 5.69 Å². The molecule has 0 amide bonds. The van der Waals surface area contributed by atoms with Crippen LogP contribution in [0.15, 0.2) is 6.20 Å². The van der Waals surface area contributed by atoms with Gasteiger partial charge in [0.25, 0.3) is 0 Å². The summed E-state index contributed by atoms with van der Waals surface area (Å²) < 4.78 is 1.78. The smallest absolute Gasteiger partial charge is 0.0827 e. The van der Waals surface area contributed by atoms with Crippen molar-refractivity contribution in [2.45, 2.75) is 64.7 Å². The normalized spacial score (nSPS) is 10.9. The Morgan fingerprint density at radius 2 is 1.62 bits per heavy atom. The van der Waals surface area contributed by atoms with Gasteiger partial charge in [0.2, 0.25) is 0 Å². The molecule has 3 heteroatoms. The van der Waals surface area contributed by atoms with Gasteiger partial charge >= 0.3 is 0 Å². The first-order valence-corrected chi connectivity index (χ1v) is 6.68. The molecule has 3 nitrogen and oxygen atoms in total. The second-order valence-corrected chi connectivity index (χ2v) is 4.61.